The molecule has 0 amide bonds. The van der Waals surface area contributed by atoms with Crippen LogP contribution in [0.1, 0.15) is 51.4 Å². The molecule has 0 unspecified atom stereocenters. The van der Waals surface area contributed by atoms with Crippen LogP contribution in [0.25, 0.3) is 21.7 Å². The Balaban J connectivity index is 1.46. The first-order valence-corrected chi connectivity index (χ1v) is 13.4. The van der Waals surface area contributed by atoms with Crippen molar-refractivity contribution in [2.24, 2.45) is 9.98 Å². The van der Waals surface area contributed by atoms with Crippen LogP contribution in [0.4, 0.5) is 17.2 Å². The maximum atomic E-state index is 5.25. The molecule has 0 atom stereocenters. The molecule has 0 bridgehead atoms. The van der Waals surface area contributed by atoms with Gasteiger partial charge in [-0.3, -0.25) is 0 Å². The monoisotopic (exact) mass is 468 g/mol. The number of rotatable bonds is 3. The zero-order valence-corrected chi connectivity index (χ0v) is 21.1. The van der Waals surface area contributed by atoms with Crippen LogP contribution in [-0.2, 0) is 0 Å². The lowest BCUT2D eigenvalue weighted by Gasteiger charge is -2.26. The van der Waals surface area contributed by atoms with Crippen molar-refractivity contribution in [1.29, 1.82) is 0 Å². The molecular formula is C29H36N6. The molecule has 6 nitrogen and oxygen atoms in total. The molecule has 0 saturated carbocycles. The van der Waals surface area contributed by atoms with Crippen molar-refractivity contribution in [3.05, 3.63) is 36.4 Å². The summed E-state index contributed by atoms with van der Waals surface area (Å²) in [5, 5.41) is 3.66. The number of nitrogens with zero attached hydrogens (tertiary/aromatic N) is 6. The number of amidine groups is 2. The summed E-state index contributed by atoms with van der Waals surface area (Å²) in [7, 11) is 4.32. The fraction of sp³-hybridized carbons (Fsp3) is 0.483. The smallest absolute Gasteiger partial charge is 0.137 e. The number of likely N-dealkylation sites (tertiary alicyclic amines) is 2. The van der Waals surface area contributed by atoms with Gasteiger partial charge in [0.1, 0.15) is 17.5 Å². The van der Waals surface area contributed by atoms with Crippen molar-refractivity contribution in [2.45, 2.75) is 51.4 Å². The molecule has 0 spiro atoms. The minimum Gasteiger partial charge on any atom is -0.363 e. The van der Waals surface area contributed by atoms with Crippen LogP contribution < -0.4 is 4.90 Å². The zero-order chi connectivity index (χ0) is 23.8. The van der Waals surface area contributed by atoms with Crippen LogP contribution in [0.3, 0.4) is 0 Å². The van der Waals surface area contributed by atoms with Gasteiger partial charge in [-0.1, -0.05) is 12.1 Å². The molecule has 35 heavy (non-hydrogen) atoms. The molecule has 0 N–H and O–H groups in total. The van der Waals surface area contributed by atoms with Crippen molar-refractivity contribution in [3.63, 3.8) is 0 Å². The number of piperidine rings is 2. The molecule has 2 aromatic carbocycles. The van der Waals surface area contributed by atoms with Gasteiger partial charge in [-0.15, -0.1) is 0 Å². The third-order valence-corrected chi connectivity index (χ3v) is 7.83. The van der Waals surface area contributed by atoms with Crippen LogP contribution >= 0.6 is 0 Å². The highest BCUT2D eigenvalue weighted by molar-refractivity contribution is 6.11. The van der Waals surface area contributed by atoms with Gasteiger partial charge in [-0.2, -0.15) is 0 Å². The number of anilines is 1. The summed E-state index contributed by atoms with van der Waals surface area (Å²) in [5.41, 5.74) is 3.07. The van der Waals surface area contributed by atoms with Gasteiger partial charge in [-0.25, -0.2) is 15.0 Å². The quantitative estimate of drug-likeness (QED) is 0.425. The van der Waals surface area contributed by atoms with E-state index >= 15 is 0 Å². The van der Waals surface area contributed by atoms with E-state index in [1.807, 2.05) is 0 Å². The Bertz CT molecular complexity index is 1300. The van der Waals surface area contributed by atoms with E-state index in [0.29, 0.717) is 0 Å². The highest BCUT2D eigenvalue weighted by atomic mass is 15.2. The average Bonchev–Trinajstić information content (AvgIpc) is 3.41. The number of fused-ring (bicyclic) bond motifs is 3. The summed E-state index contributed by atoms with van der Waals surface area (Å²) in [6.07, 6.45) is 9.53. The van der Waals surface area contributed by atoms with Crippen LogP contribution in [0.2, 0.25) is 0 Å². The summed E-state index contributed by atoms with van der Waals surface area (Å²) in [6.45, 7) is 4.33. The molecule has 182 valence electrons. The van der Waals surface area contributed by atoms with E-state index in [4.69, 9.17) is 15.0 Å². The van der Waals surface area contributed by atoms with Crippen LogP contribution in [0.5, 0.6) is 0 Å². The van der Waals surface area contributed by atoms with E-state index in [9.17, 15) is 0 Å². The molecule has 4 heterocycles. The fourth-order valence-corrected chi connectivity index (χ4v) is 5.76. The average molecular weight is 469 g/mol. The number of pyridine rings is 1. The highest BCUT2D eigenvalue weighted by Gasteiger charge is 2.20. The summed E-state index contributed by atoms with van der Waals surface area (Å²) in [4.78, 5) is 22.4. The van der Waals surface area contributed by atoms with Crippen LogP contribution in [0.15, 0.2) is 46.4 Å². The van der Waals surface area contributed by atoms with E-state index in [-0.39, 0.29) is 0 Å². The molecule has 6 rings (SSSR count). The lowest BCUT2D eigenvalue weighted by molar-refractivity contribution is 0.434. The second kappa shape index (κ2) is 9.48. The summed E-state index contributed by atoms with van der Waals surface area (Å²) >= 11 is 0. The lowest BCUT2D eigenvalue weighted by atomic mass is 10.0. The maximum absolute atomic E-state index is 5.25. The minimum absolute atomic E-state index is 1.00. The van der Waals surface area contributed by atoms with Gasteiger partial charge in [0.2, 0.25) is 0 Å². The Morgan fingerprint density at radius 3 is 1.83 bits per heavy atom. The SMILES string of the molecule is CN1CCCCC1=Nc1ccc2c(c1)nc(N1CCCC1)c1cc(N=C3CCCCN3C)ccc12. The first-order valence-electron chi connectivity index (χ1n) is 13.4. The Morgan fingerprint density at radius 2 is 1.20 bits per heavy atom. The van der Waals surface area contributed by atoms with Gasteiger partial charge < -0.3 is 14.7 Å². The number of hydrogen-bond acceptors (Lipinski definition) is 4. The second-order valence-corrected chi connectivity index (χ2v) is 10.4. The van der Waals surface area contributed by atoms with E-state index in [2.05, 4.69) is 65.2 Å². The van der Waals surface area contributed by atoms with Crippen molar-refractivity contribution < 1.29 is 0 Å². The maximum Gasteiger partial charge on any atom is 0.137 e. The molecule has 1 aromatic heterocycles. The van der Waals surface area contributed by atoms with Crippen molar-refractivity contribution >= 4 is 50.5 Å². The zero-order valence-electron chi connectivity index (χ0n) is 21.1. The lowest BCUT2D eigenvalue weighted by Crippen LogP contribution is -2.31. The molecule has 6 heteroatoms. The number of benzene rings is 2. The predicted octanol–water partition coefficient (Wildman–Crippen LogP) is 6.28. The van der Waals surface area contributed by atoms with Gasteiger partial charge in [0, 0.05) is 63.9 Å². The van der Waals surface area contributed by atoms with Crippen LogP contribution in [-0.4, -0.2) is 66.7 Å². The van der Waals surface area contributed by atoms with Crippen molar-refractivity contribution in [3.8, 4) is 0 Å². The molecule has 3 aliphatic heterocycles. The second-order valence-electron chi connectivity index (χ2n) is 10.4. The summed E-state index contributed by atoms with van der Waals surface area (Å²) in [5.74, 6) is 3.49. The van der Waals surface area contributed by atoms with Gasteiger partial charge in [0.15, 0.2) is 0 Å². The Kier molecular flexibility index (Phi) is 6.05. The summed E-state index contributed by atoms with van der Waals surface area (Å²) < 4.78 is 0. The van der Waals surface area contributed by atoms with Gasteiger partial charge in [0.05, 0.1) is 16.9 Å². The van der Waals surface area contributed by atoms with E-state index < -0.39 is 0 Å². The van der Waals surface area contributed by atoms with Gasteiger partial charge in [-0.05, 0) is 68.2 Å². The number of aliphatic imine (C=N–C) groups is 2. The Morgan fingerprint density at radius 1 is 0.629 bits per heavy atom. The van der Waals surface area contributed by atoms with Gasteiger partial charge >= 0.3 is 0 Å². The molecule has 0 radical (unpaired) electrons. The van der Waals surface area contributed by atoms with E-state index in [1.54, 1.807) is 0 Å². The minimum atomic E-state index is 1.00. The first kappa shape index (κ1) is 22.3. The molecule has 0 aliphatic carbocycles. The third kappa shape index (κ3) is 4.46. The van der Waals surface area contributed by atoms with Crippen molar-refractivity contribution in [2.75, 3.05) is 45.2 Å². The summed E-state index contributed by atoms with van der Waals surface area (Å²) in [6, 6.07) is 13.2. The Labute approximate surface area is 208 Å². The topological polar surface area (TPSA) is 47.3 Å². The molecular weight excluding hydrogens is 432 g/mol. The molecule has 3 saturated heterocycles. The third-order valence-electron chi connectivity index (χ3n) is 7.83. The van der Waals surface area contributed by atoms with Gasteiger partial charge in [0.25, 0.3) is 0 Å². The highest BCUT2D eigenvalue weighted by Crippen LogP contribution is 2.37. The normalized spacial score (nSPS) is 21.7. The van der Waals surface area contributed by atoms with Crippen LogP contribution in [0, 0.1) is 0 Å². The first-order chi connectivity index (χ1) is 17.2. The van der Waals surface area contributed by atoms with E-state index in [1.165, 1.54) is 66.4 Å². The predicted molar refractivity (Wildman–Crippen MR) is 148 cm³/mol. The number of hydrogen-bond donors (Lipinski definition) is 0. The Hall–Kier alpha value is -3.15. The molecule has 3 aliphatic rings. The molecule has 3 fully saturated rings. The fourth-order valence-electron chi connectivity index (χ4n) is 5.76. The largest absolute Gasteiger partial charge is 0.363 e. The van der Waals surface area contributed by atoms with E-state index in [0.717, 1.165) is 61.7 Å². The standard InChI is InChI=1S/C29H36N6/c1-33-15-5-3-9-27(33)30-21-11-13-23-24-14-12-22(31-28-10-4-6-16-34(28)2)20-26(24)32-29(25(23)19-21)35-17-7-8-18-35/h11-14,19-20H,3-10,15-18H2,1-2H3. The molecule has 3 aromatic rings. The van der Waals surface area contributed by atoms with Crippen molar-refractivity contribution in [1.82, 2.24) is 14.8 Å². The number of aromatic nitrogens is 1.